The van der Waals surface area contributed by atoms with E-state index in [1.165, 1.54) is 7.11 Å². The number of nitrogens with one attached hydrogen (secondary N) is 1. The smallest absolute Gasteiger partial charge is 0.259 e. The molecule has 1 N–H and O–H groups in total. The monoisotopic (exact) mass is 409 g/mol. The average Bonchev–Trinajstić information content (AvgIpc) is 3.41. The maximum absolute atomic E-state index is 12.8. The van der Waals surface area contributed by atoms with Crippen LogP contribution in [0.3, 0.4) is 0 Å². The van der Waals surface area contributed by atoms with Crippen LogP contribution in [0, 0.1) is 0 Å². The van der Waals surface area contributed by atoms with Gasteiger partial charge in [-0.2, -0.15) is 4.98 Å². The molecule has 2 aromatic heterocycles. The van der Waals surface area contributed by atoms with E-state index in [0.717, 1.165) is 5.56 Å². The molecule has 29 heavy (non-hydrogen) atoms. The largest absolute Gasteiger partial charge is 0.496 e. The highest BCUT2D eigenvalue weighted by Crippen LogP contribution is 2.26. The fourth-order valence-corrected chi connectivity index (χ4v) is 3.01. The highest BCUT2D eigenvalue weighted by Gasteiger charge is 2.17. The molecule has 7 nitrogen and oxygen atoms in total. The van der Waals surface area contributed by atoms with Gasteiger partial charge in [-0.25, -0.2) is 0 Å². The van der Waals surface area contributed by atoms with Crippen molar-refractivity contribution in [1.82, 2.24) is 10.1 Å². The van der Waals surface area contributed by atoms with E-state index in [-0.39, 0.29) is 5.91 Å². The number of anilines is 1. The third-order valence-corrected chi connectivity index (χ3v) is 4.46. The number of nitrogens with zero attached hydrogens (tertiary/aromatic N) is 2. The molecule has 146 valence electrons. The van der Waals surface area contributed by atoms with Crippen molar-refractivity contribution in [2.45, 2.75) is 6.42 Å². The summed E-state index contributed by atoms with van der Waals surface area (Å²) in [6, 6.07) is 15.8. The Balaban J connectivity index is 1.56. The number of halogens is 1. The minimum absolute atomic E-state index is 0.335. The number of hydrogen-bond acceptors (Lipinski definition) is 6. The number of rotatable bonds is 6. The summed E-state index contributed by atoms with van der Waals surface area (Å²) in [5.41, 5.74) is 1.78. The second-order valence-electron chi connectivity index (χ2n) is 6.12. The van der Waals surface area contributed by atoms with Crippen LogP contribution in [0.15, 0.2) is 69.8 Å². The molecular formula is C21H16ClN3O4. The van der Waals surface area contributed by atoms with Crippen LogP contribution < -0.4 is 10.1 Å². The Labute approximate surface area is 171 Å². The molecule has 0 atom stereocenters. The summed E-state index contributed by atoms with van der Waals surface area (Å²) in [5, 5.41) is 7.27. The number of methoxy groups -OCH3 is 1. The maximum Gasteiger partial charge on any atom is 0.259 e. The van der Waals surface area contributed by atoms with E-state index in [4.69, 9.17) is 25.3 Å². The fraction of sp³-hybridized carbons (Fsp3) is 0.0952. The van der Waals surface area contributed by atoms with Crippen LogP contribution in [0.2, 0.25) is 5.02 Å². The van der Waals surface area contributed by atoms with E-state index in [1.807, 2.05) is 18.2 Å². The van der Waals surface area contributed by atoms with Crippen LogP contribution >= 0.6 is 11.6 Å². The van der Waals surface area contributed by atoms with E-state index in [1.54, 1.807) is 42.7 Å². The second kappa shape index (κ2) is 8.20. The Bertz CT molecular complexity index is 1140. The molecule has 8 heteroatoms. The van der Waals surface area contributed by atoms with E-state index < -0.39 is 0 Å². The van der Waals surface area contributed by atoms with E-state index in [0.29, 0.717) is 45.9 Å². The number of aromatic nitrogens is 2. The van der Waals surface area contributed by atoms with Gasteiger partial charge < -0.3 is 19.0 Å². The van der Waals surface area contributed by atoms with Crippen LogP contribution in [-0.4, -0.2) is 23.2 Å². The summed E-state index contributed by atoms with van der Waals surface area (Å²) in [7, 11) is 1.50. The van der Waals surface area contributed by atoms with Crippen molar-refractivity contribution in [2.75, 3.05) is 12.4 Å². The van der Waals surface area contributed by atoms with Crippen molar-refractivity contribution < 1.29 is 18.5 Å². The van der Waals surface area contributed by atoms with Gasteiger partial charge in [0.2, 0.25) is 11.7 Å². The van der Waals surface area contributed by atoms with Crippen molar-refractivity contribution >= 4 is 23.2 Å². The molecule has 0 saturated heterocycles. The first-order valence-corrected chi connectivity index (χ1v) is 9.11. The van der Waals surface area contributed by atoms with E-state index >= 15 is 0 Å². The minimum atomic E-state index is -0.335. The number of hydrogen-bond donors (Lipinski definition) is 1. The third-order valence-electron chi connectivity index (χ3n) is 4.22. The first-order valence-electron chi connectivity index (χ1n) is 8.73. The van der Waals surface area contributed by atoms with E-state index in [2.05, 4.69) is 15.5 Å². The molecule has 0 saturated carbocycles. The summed E-state index contributed by atoms with van der Waals surface area (Å²) in [4.78, 5) is 17.1. The summed E-state index contributed by atoms with van der Waals surface area (Å²) >= 11 is 6.03. The first kappa shape index (κ1) is 18.8. The average molecular weight is 410 g/mol. The number of carbonyl (C=O) groups excluding carboxylic acids is 1. The van der Waals surface area contributed by atoms with Gasteiger partial charge in [-0.1, -0.05) is 35.0 Å². The Morgan fingerprint density at radius 1 is 1.17 bits per heavy atom. The predicted octanol–water partition coefficient (Wildman–Crippen LogP) is 4.83. The molecular weight excluding hydrogens is 394 g/mol. The molecule has 0 radical (unpaired) electrons. The lowest BCUT2D eigenvalue weighted by molar-refractivity contribution is 0.102. The number of ether oxygens (including phenoxy) is 1. The Hall–Kier alpha value is -3.58. The molecule has 2 heterocycles. The van der Waals surface area contributed by atoms with Crippen molar-refractivity contribution in [3.8, 4) is 17.3 Å². The molecule has 4 rings (SSSR count). The van der Waals surface area contributed by atoms with Crippen LogP contribution in [0.4, 0.5) is 5.69 Å². The van der Waals surface area contributed by atoms with Gasteiger partial charge in [-0.3, -0.25) is 4.79 Å². The molecule has 0 spiro atoms. The quantitative estimate of drug-likeness (QED) is 0.490. The minimum Gasteiger partial charge on any atom is -0.496 e. The zero-order valence-corrected chi connectivity index (χ0v) is 16.1. The third kappa shape index (κ3) is 4.14. The molecule has 1 amide bonds. The molecule has 0 aliphatic heterocycles. The number of para-hydroxylation sites is 1. The summed E-state index contributed by atoms with van der Waals surface area (Å²) in [6.07, 6.45) is 1.89. The molecule has 2 aromatic carbocycles. The Morgan fingerprint density at radius 2 is 2.03 bits per heavy atom. The highest BCUT2D eigenvalue weighted by molar-refractivity contribution is 6.31. The standard InChI is InChI=1S/C21H16ClN3O4/c1-27-17-9-8-14(22)12-15(17)21(26)23-16-6-3-2-5-13(16)11-19-24-20(25-29-19)18-7-4-10-28-18/h2-10,12H,11H2,1H3,(H,23,26). The molecule has 0 aliphatic carbocycles. The highest BCUT2D eigenvalue weighted by atomic mass is 35.5. The second-order valence-corrected chi connectivity index (χ2v) is 6.56. The number of furan rings is 1. The summed E-state index contributed by atoms with van der Waals surface area (Å²) in [6.45, 7) is 0. The number of amides is 1. The van der Waals surface area contributed by atoms with Crippen molar-refractivity contribution in [1.29, 1.82) is 0 Å². The Kier molecular flexibility index (Phi) is 5.31. The lowest BCUT2D eigenvalue weighted by atomic mass is 10.1. The lowest BCUT2D eigenvalue weighted by Crippen LogP contribution is -2.14. The van der Waals surface area contributed by atoms with Crippen molar-refractivity contribution in [3.63, 3.8) is 0 Å². The van der Waals surface area contributed by atoms with Gasteiger partial charge in [-0.05, 0) is 42.0 Å². The SMILES string of the molecule is COc1ccc(Cl)cc1C(=O)Nc1ccccc1Cc1nc(-c2ccco2)no1. The normalized spacial score (nSPS) is 10.7. The zero-order chi connectivity index (χ0) is 20.2. The van der Waals surface area contributed by atoms with Crippen LogP contribution in [0.5, 0.6) is 5.75 Å². The predicted molar refractivity (Wildman–Crippen MR) is 107 cm³/mol. The first-order chi connectivity index (χ1) is 14.1. The van der Waals surface area contributed by atoms with Crippen LogP contribution in [0.25, 0.3) is 11.6 Å². The van der Waals surface area contributed by atoms with E-state index in [9.17, 15) is 4.79 Å². The molecule has 0 aliphatic rings. The van der Waals surface area contributed by atoms with Crippen LogP contribution in [0.1, 0.15) is 21.8 Å². The van der Waals surface area contributed by atoms with Gasteiger partial charge >= 0.3 is 0 Å². The van der Waals surface area contributed by atoms with Gasteiger partial charge in [0.15, 0.2) is 5.76 Å². The van der Waals surface area contributed by atoms with Gasteiger partial charge in [0.25, 0.3) is 5.91 Å². The molecule has 0 bridgehead atoms. The summed E-state index contributed by atoms with van der Waals surface area (Å²) < 4.78 is 15.9. The van der Waals surface area contributed by atoms with Gasteiger partial charge in [0.05, 0.1) is 25.4 Å². The maximum atomic E-state index is 12.8. The number of carbonyl (C=O) groups is 1. The summed E-state index contributed by atoms with van der Waals surface area (Å²) in [5.74, 6) is 1.39. The topological polar surface area (TPSA) is 90.4 Å². The van der Waals surface area contributed by atoms with Gasteiger partial charge in [0, 0.05) is 10.7 Å². The molecule has 0 fully saturated rings. The lowest BCUT2D eigenvalue weighted by Gasteiger charge is -2.12. The Morgan fingerprint density at radius 3 is 2.83 bits per heavy atom. The molecule has 0 unspecified atom stereocenters. The van der Waals surface area contributed by atoms with Crippen molar-refractivity contribution in [3.05, 3.63) is 82.9 Å². The fourth-order valence-electron chi connectivity index (χ4n) is 2.84. The van der Waals surface area contributed by atoms with Crippen molar-refractivity contribution in [2.24, 2.45) is 0 Å². The van der Waals surface area contributed by atoms with Gasteiger partial charge in [-0.15, -0.1) is 0 Å². The zero-order valence-electron chi connectivity index (χ0n) is 15.4. The van der Waals surface area contributed by atoms with Crippen LogP contribution in [-0.2, 0) is 6.42 Å². The molecule has 4 aromatic rings. The number of benzene rings is 2. The van der Waals surface area contributed by atoms with Gasteiger partial charge in [0.1, 0.15) is 5.75 Å².